The van der Waals surface area contributed by atoms with E-state index in [2.05, 4.69) is 37.5 Å². The fraction of sp³-hybridized carbons (Fsp3) is 0.750. The van der Waals surface area contributed by atoms with E-state index in [1.165, 1.54) is 0 Å². The molecule has 0 aliphatic rings. The van der Waals surface area contributed by atoms with Gasteiger partial charge in [0.05, 0.1) is 6.61 Å². The minimum absolute atomic E-state index is 0.555. The number of aromatic nitrogens is 3. The Kier molecular flexibility index (Phi) is 6.96. The number of rotatable bonds is 9. The van der Waals surface area contributed by atoms with Crippen molar-refractivity contribution in [2.24, 2.45) is 0 Å². The number of ether oxygens (including phenoxy) is 1. The van der Waals surface area contributed by atoms with Gasteiger partial charge in [-0.15, -0.1) is 0 Å². The van der Waals surface area contributed by atoms with Crippen LogP contribution in [0.25, 0.3) is 0 Å². The SMILES string of the molecule is CNc1nc(NCCN(C)CCOC)nc(N(C)C)n1. The summed E-state index contributed by atoms with van der Waals surface area (Å²) in [6.07, 6.45) is 0. The van der Waals surface area contributed by atoms with Crippen LogP contribution in [0, 0.1) is 0 Å². The van der Waals surface area contributed by atoms with Gasteiger partial charge in [-0.05, 0) is 7.05 Å². The lowest BCUT2D eigenvalue weighted by atomic mass is 10.5. The van der Waals surface area contributed by atoms with E-state index < -0.39 is 0 Å². The van der Waals surface area contributed by atoms with Crippen molar-refractivity contribution in [1.29, 1.82) is 0 Å². The molecule has 0 aliphatic heterocycles. The van der Waals surface area contributed by atoms with E-state index in [-0.39, 0.29) is 0 Å². The molecule has 1 aromatic rings. The molecule has 0 radical (unpaired) electrons. The maximum atomic E-state index is 5.04. The maximum Gasteiger partial charge on any atom is 0.231 e. The fourth-order valence-corrected chi connectivity index (χ4v) is 1.47. The molecule has 0 saturated carbocycles. The van der Waals surface area contributed by atoms with Crippen LogP contribution in [-0.4, -0.2) is 81.4 Å². The van der Waals surface area contributed by atoms with E-state index in [1.807, 2.05) is 19.0 Å². The molecule has 0 aliphatic carbocycles. The van der Waals surface area contributed by atoms with Gasteiger partial charge in [0.2, 0.25) is 17.8 Å². The smallest absolute Gasteiger partial charge is 0.231 e. The molecule has 1 heterocycles. The first kappa shape index (κ1) is 16.4. The van der Waals surface area contributed by atoms with E-state index in [4.69, 9.17) is 4.74 Å². The Bertz CT molecular complexity index is 399. The number of nitrogens with zero attached hydrogens (tertiary/aromatic N) is 5. The van der Waals surface area contributed by atoms with Crippen LogP contribution in [-0.2, 0) is 4.74 Å². The molecule has 0 amide bonds. The number of likely N-dealkylation sites (N-methyl/N-ethyl adjacent to an activating group) is 1. The quantitative estimate of drug-likeness (QED) is 0.654. The minimum atomic E-state index is 0.555. The molecule has 8 heteroatoms. The van der Waals surface area contributed by atoms with E-state index in [9.17, 15) is 0 Å². The number of anilines is 3. The monoisotopic (exact) mass is 283 g/mol. The number of methoxy groups -OCH3 is 1. The Balaban J connectivity index is 2.52. The molecular formula is C12H25N7O. The highest BCUT2D eigenvalue weighted by Gasteiger charge is 2.07. The zero-order valence-electron chi connectivity index (χ0n) is 13.0. The highest BCUT2D eigenvalue weighted by molar-refractivity contribution is 5.42. The van der Waals surface area contributed by atoms with Gasteiger partial charge in [0.1, 0.15) is 0 Å². The Morgan fingerprint density at radius 1 is 1.05 bits per heavy atom. The summed E-state index contributed by atoms with van der Waals surface area (Å²) in [7, 11) is 9.35. The first-order valence-corrected chi connectivity index (χ1v) is 6.59. The van der Waals surface area contributed by atoms with Crippen LogP contribution < -0.4 is 15.5 Å². The van der Waals surface area contributed by atoms with E-state index in [1.54, 1.807) is 14.2 Å². The van der Waals surface area contributed by atoms with Crippen LogP contribution >= 0.6 is 0 Å². The molecule has 0 fully saturated rings. The third-order valence-electron chi connectivity index (χ3n) is 2.70. The third-order valence-corrected chi connectivity index (χ3v) is 2.70. The van der Waals surface area contributed by atoms with Gasteiger partial charge in [-0.2, -0.15) is 15.0 Å². The highest BCUT2D eigenvalue weighted by Crippen LogP contribution is 2.10. The summed E-state index contributed by atoms with van der Waals surface area (Å²) in [5, 5.41) is 6.14. The van der Waals surface area contributed by atoms with Gasteiger partial charge in [-0.25, -0.2) is 0 Å². The number of nitrogens with one attached hydrogen (secondary N) is 2. The summed E-state index contributed by atoms with van der Waals surface area (Å²) in [5.41, 5.74) is 0. The van der Waals surface area contributed by atoms with Gasteiger partial charge in [-0.3, -0.25) is 0 Å². The van der Waals surface area contributed by atoms with Crippen molar-refractivity contribution in [2.75, 3.05) is 77.1 Å². The Morgan fingerprint density at radius 2 is 1.75 bits per heavy atom. The molecule has 0 bridgehead atoms. The minimum Gasteiger partial charge on any atom is -0.383 e. The van der Waals surface area contributed by atoms with E-state index in [0.717, 1.165) is 26.2 Å². The van der Waals surface area contributed by atoms with Crippen molar-refractivity contribution >= 4 is 17.8 Å². The first-order valence-electron chi connectivity index (χ1n) is 6.59. The predicted octanol–water partition coefficient (Wildman–Crippen LogP) is -0.0306. The molecule has 0 atom stereocenters. The van der Waals surface area contributed by atoms with Crippen LogP contribution in [0.3, 0.4) is 0 Å². The summed E-state index contributed by atoms with van der Waals surface area (Å²) < 4.78 is 5.04. The zero-order chi connectivity index (χ0) is 15.0. The van der Waals surface area contributed by atoms with E-state index in [0.29, 0.717) is 17.8 Å². The van der Waals surface area contributed by atoms with Crippen molar-refractivity contribution in [3.63, 3.8) is 0 Å². The van der Waals surface area contributed by atoms with Gasteiger partial charge in [0.15, 0.2) is 0 Å². The Morgan fingerprint density at radius 3 is 2.35 bits per heavy atom. The summed E-state index contributed by atoms with van der Waals surface area (Å²) in [4.78, 5) is 16.9. The standard InChI is InChI=1S/C12H25N7O/c1-13-10-15-11(17-12(16-10)18(2)3)14-6-7-19(4)8-9-20-5/h6-9H2,1-5H3,(H2,13,14,15,16,17). The van der Waals surface area contributed by atoms with Crippen molar-refractivity contribution in [3.8, 4) is 0 Å². The molecule has 0 unspecified atom stereocenters. The Hall–Kier alpha value is -1.67. The molecular weight excluding hydrogens is 258 g/mol. The van der Waals surface area contributed by atoms with Gasteiger partial charge >= 0.3 is 0 Å². The molecule has 114 valence electrons. The lowest BCUT2D eigenvalue weighted by Gasteiger charge is -2.17. The van der Waals surface area contributed by atoms with Gasteiger partial charge in [-0.1, -0.05) is 0 Å². The van der Waals surface area contributed by atoms with Crippen molar-refractivity contribution in [2.45, 2.75) is 0 Å². The molecule has 8 nitrogen and oxygen atoms in total. The van der Waals surface area contributed by atoms with Crippen LogP contribution in [0.5, 0.6) is 0 Å². The molecule has 20 heavy (non-hydrogen) atoms. The van der Waals surface area contributed by atoms with Crippen LogP contribution in [0.4, 0.5) is 17.8 Å². The molecule has 0 aromatic carbocycles. The van der Waals surface area contributed by atoms with Gasteiger partial charge in [0.25, 0.3) is 0 Å². The predicted molar refractivity (Wildman–Crippen MR) is 81.6 cm³/mol. The van der Waals surface area contributed by atoms with Crippen LogP contribution in [0.15, 0.2) is 0 Å². The average Bonchev–Trinajstić information content (AvgIpc) is 2.44. The normalized spacial score (nSPS) is 10.7. The number of hydrogen-bond donors (Lipinski definition) is 2. The van der Waals surface area contributed by atoms with Gasteiger partial charge < -0.3 is 25.2 Å². The van der Waals surface area contributed by atoms with Crippen LogP contribution in [0.1, 0.15) is 0 Å². The first-order chi connectivity index (χ1) is 9.56. The number of hydrogen-bond acceptors (Lipinski definition) is 8. The van der Waals surface area contributed by atoms with E-state index >= 15 is 0 Å². The van der Waals surface area contributed by atoms with Crippen molar-refractivity contribution < 1.29 is 4.74 Å². The second-order valence-electron chi connectivity index (χ2n) is 4.65. The second-order valence-corrected chi connectivity index (χ2v) is 4.65. The Labute approximate surface area is 120 Å². The molecule has 0 spiro atoms. The highest BCUT2D eigenvalue weighted by atomic mass is 16.5. The van der Waals surface area contributed by atoms with Gasteiger partial charge in [0, 0.05) is 47.9 Å². The largest absolute Gasteiger partial charge is 0.383 e. The third kappa shape index (κ3) is 5.54. The average molecular weight is 283 g/mol. The summed E-state index contributed by atoms with van der Waals surface area (Å²) in [6, 6.07) is 0. The summed E-state index contributed by atoms with van der Waals surface area (Å²) >= 11 is 0. The fourth-order valence-electron chi connectivity index (χ4n) is 1.47. The summed E-state index contributed by atoms with van der Waals surface area (Å²) in [6.45, 7) is 3.29. The van der Waals surface area contributed by atoms with Crippen LogP contribution in [0.2, 0.25) is 0 Å². The van der Waals surface area contributed by atoms with Crippen molar-refractivity contribution in [3.05, 3.63) is 0 Å². The topological polar surface area (TPSA) is 78.4 Å². The lowest BCUT2D eigenvalue weighted by molar-refractivity contribution is 0.163. The lowest BCUT2D eigenvalue weighted by Crippen LogP contribution is -2.28. The second kappa shape index (κ2) is 8.49. The zero-order valence-corrected chi connectivity index (χ0v) is 13.0. The molecule has 1 rings (SSSR count). The molecule has 0 saturated heterocycles. The molecule has 2 N–H and O–H groups in total. The maximum absolute atomic E-state index is 5.04. The van der Waals surface area contributed by atoms with Crippen molar-refractivity contribution in [1.82, 2.24) is 19.9 Å². The molecule has 1 aromatic heterocycles. The summed E-state index contributed by atoms with van der Waals surface area (Å²) in [5.74, 6) is 1.76.